The van der Waals surface area contributed by atoms with Gasteiger partial charge in [-0.25, -0.2) is 8.42 Å². The Balaban J connectivity index is 1.59. The number of hydrogen-bond acceptors (Lipinski definition) is 4. The molecule has 0 N–H and O–H groups in total. The van der Waals surface area contributed by atoms with Crippen molar-refractivity contribution in [3.63, 3.8) is 0 Å². The molecule has 1 heterocycles. The van der Waals surface area contributed by atoms with Gasteiger partial charge < -0.3 is 9.64 Å². The minimum atomic E-state index is -3.57. The summed E-state index contributed by atoms with van der Waals surface area (Å²) >= 11 is 0. The summed E-state index contributed by atoms with van der Waals surface area (Å²) in [7, 11) is -3.57. The second-order valence-electron chi connectivity index (χ2n) is 8.46. The highest BCUT2D eigenvalue weighted by atomic mass is 32.2. The first-order valence-electron chi connectivity index (χ1n) is 10.7. The SMILES string of the molecule is Cc1ccc(S(=O)(=O)N2CCN(C(=O)C(C)Oc3ccc(C(C)C)cc3)CC2)cc1C. The maximum absolute atomic E-state index is 13.0. The Kier molecular flexibility index (Phi) is 7.06. The first-order chi connectivity index (χ1) is 14.6. The molecule has 0 spiro atoms. The van der Waals surface area contributed by atoms with Gasteiger partial charge in [0, 0.05) is 26.2 Å². The van der Waals surface area contributed by atoms with Crippen molar-refractivity contribution >= 4 is 15.9 Å². The molecule has 31 heavy (non-hydrogen) atoms. The Labute approximate surface area is 185 Å². The van der Waals surface area contributed by atoms with E-state index in [-0.39, 0.29) is 19.0 Å². The quantitative estimate of drug-likeness (QED) is 0.681. The van der Waals surface area contributed by atoms with Crippen LogP contribution in [0.1, 0.15) is 43.4 Å². The Morgan fingerprint density at radius 3 is 2.06 bits per heavy atom. The zero-order valence-electron chi connectivity index (χ0n) is 19.0. The Bertz CT molecular complexity index is 1020. The third-order valence-corrected chi connectivity index (χ3v) is 7.77. The van der Waals surface area contributed by atoms with Crippen LogP contribution in [-0.2, 0) is 14.8 Å². The monoisotopic (exact) mass is 444 g/mol. The molecule has 7 heteroatoms. The molecule has 6 nitrogen and oxygen atoms in total. The van der Waals surface area contributed by atoms with E-state index in [1.54, 1.807) is 24.0 Å². The number of benzene rings is 2. The molecule has 0 aromatic heterocycles. The van der Waals surface area contributed by atoms with Gasteiger partial charge in [-0.05, 0) is 67.6 Å². The van der Waals surface area contributed by atoms with Gasteiger partial charge in [0.05, 0.1) is 4.90 Å². The molecule has 2 aromatic carbocycles. The summed E-state index contributed by atoms with van der Waals surface area (Å²) in [6.45, 7) is 11.1. The van der Waals surface area contributed by atoms with Crippen LogP contribution in [0.5, 0.6) is 5.75 Å². The third kappa shape index (κ3) is 5.28. The fourth-order valence-corrected chi connectivity index (χ4v) is 5.12. The smallest absolute Gasteiger partial charge is 0.263 e. The predicted molar refractivity (Wildman–Crippen MR) is 122 cm³/mol. The molecule has 1 aliphatic heterocycles. The van der Waals surface area contributed by atoms with Gasteiger partial charge in [-0.3, -0.25) is 4.79 Å². The first-order valence-corrected chi connectivity index (χ1v) is 12.2. The molecule has 1 aliphatic rings. The number of piperazine rings is 1. The number of carbonyl (C=O) groups is 1. The van der Waals surface area contributed by atoms with Gasteiger partial charge >= 0.3 is 0 Å². The highest BCUT2D eigenvalue weighted by molar-refractivity contribution is 7.89. The molecule has 1 amide bonds. The van der Waals surface area contributed by atoms with Gasteiger partial charge in [0.1, 0.15) is 5.75 Å². The summed E-state index contributed by atoms with van der Waals surface area (Å²) in [6.07, 6.45) is -0.632. The molecule has 168 valence electrons. The molecule has 0 radical (unpaired) electrons. The molecule has 1 fully saturated rings. The van der Waals surface area contributed by atoms with Crippen molar-refractivity contribution in [2.45, 2.75) is 51.5 Å². The van der Waals surface area contributed by atoms with Crippen LogP contribution in [0.4, 0.5) is 0 Å². The number of rotatable bonds is 6. The first kappa shape index (κ1) is 23.3. The number of ether oxygens (including phenoxy) is 1. The van der Waals surface area contributed by atoms with Crippen LogP contribution < -0.4 is 4.74 Å². The Hall–Kier alpha value is -2.38. The number of amides is 1. The number of nitrogens with zero attached hydrogens (tertiary/aromatic N) is 2. The molecule has 0 saturated carbocycles. The van der Waals surface area contributed by atoms with E-state index in [0.29, 0.717) is 29.7 Å². The van der Waals surface area contributed by atoms with Gasteiger partial charge in [-0.15, -0.1) is 0 Å². The molecular formula is C24H32N2O4S. The highest BCUT2D eigenvalue weighted by Gasteiger charge is 2.32. The molecule has 3 rings (SSSR count). The van der Waals surface area contributed by atoms with Gasteiger partial charge in [-0.2, -0.15) is 4.31 Å². The molecular weight excluding hydrogens is 412 g/mol. The lowest BCUT2D eigenvalue weighted by Crippen LogP contribution is -2.53. The van der Waals surface area contributed by atoms with Gasteiger partial charge in [-0.1, -0.05) is 32.0 Å². The van der Waals surface area contributed by atoms with E-state index in [1.807, 2.05) is 44.2 Å². The topological polar surface area (TPSA) is 66.9 Å². The van der Waals surface area contributed by atoms with Crippen molar-refractivity contribution < 1.29 is 17.9 Å². The van der Waals surface area contributed by atoms with Crippen LogP contribution in [0.2, 0.25) is 0 Å². The highest BCUT2D eigenvalue weighted by Crippen LogP contribution is 2.22. The van der Waals surface area contributed by atoms with E-state index in [9.17, 15) is 13.2 Å². The Morgan fingerprint density at radius 2 is 1.52 bits per heavy atom. The zero-order chi connectivity index (χ0) is 22.8. The normalized spacial score (nSPS) is 16.4. The maximum atomic E-state index is 13.0. The van der Waals surface area contributed by atoms with Crippen molar-refractivity contribution in [2.75, 3.05) is 26.2 Å². The number of hydrogen-bond donors (Lipinski definition) is 0. The van der Waals surface area contributed by atoms with E-state index in [1.165, 1.54) is 9.87 Å². The predicted octanol–water partition coefficient (Wildman–Crippen LogP) is 3.73. The second-order valence-corrected chi connectivity index (χ2v) is 10.4. The molecule has 1 unspecified atom stereocenters. The zero-order valence-corrected chi connectivity index (χ0v) is 19.8. The number of sulfonamides is 1. The number of aryl methyl sites for hydroxylation is 2. The van der Waals surface area contributed by atoms with E-state index in [2.05, 4.69) is 13.8 Å². The van der Waals surface area contributed by atoms with Crippen molar-refractivity contribution in [3.8, 4) is 5.75 Å². The van der Waals surface area contributed by atoms with Crippen LogP contribution in [-0.4, -0.2) is 55.8 Å². The van der Waals surface area contributed by atoms with E-state index in [4.69, 9.17) is 4.74 Å². The van der Waals surface area contributed by atoms with Gasteiger partial charge in [0.2, 0.25) is 10.0 Å². The molecule has 0 bridgehead atoms. The fourth-order valence-electron chi connectivity index (χ4n) is 3.62. The average molecular weight is 445 g/mol. The second kappa shape index (κ2) is 9.40. The minimum Gasteiger partial charge on any atom is -0.481 e. The Morgan fingerprint density at radius 1 is 0.903 bits per heavy atom. The summed E-state index contributed by atoms with van der Waals surface area (Å²) in [6, 6.07) is 13.0. The lowest BCUT2D eigenvalue weighted by atomic mass is 10.0. The molecule has 2 aromatic rings. The van der Waals surface area contributed by atoms with Crippen LogP contribution >= 0.6 is 0 Å². The van der Waals surface area contributed by atoms with Crippen LogP contribution in [0.25, 0.3) is 0 Å². The summed E-state index contributed by atoms with van der Waals surface area (Å²) in [5.41, 5.74) is 3.22. The fraction of sp³-hybridized carbons (Fsp3) is 0.458. The summed E-state index contributed by atoms with van der Waals surface area (Å²) in [5, 5.41) is 0. The van der Waals surface area contributed by atoms with E-state index < -0.39 is 16.1 Å². The lowest BCUT2D eigenvalue weighted by molar-refractivity contribution is -0.139. The van der Waals surface area contributed by atoms with E-state index in [0.717, 1.165) is 11.1 Å². The van der Waals surface area contributed by atoms with Crippen molar-refractivity contribution in [1.82, 2.24) is 9.21 Å². The third-order valence-electron chi connectivity index (χ3n) is 5.87. The number of carbonyl (C=O) groups excluding carboxylic acids is 1. The average Bonchev–Trinajstić information content (AvgIpc) is 2.75. The molecule has 0 aliphatic carbocycles. The minimum absolute atomic E-state index is 0.129. The summed E-state index contributed by atoms with van der Waals surface area (Å²) < 4.78 is 33.2. The van der Waals surface area contributed by atoms with Crippen LogP contribution in [0.3, 0.4) is 0 Å². The van der Waals surface area contributed by atoms with E-state index >= 15 is 0 Å². The van der Waals surface area contributed by atoms with Crippen molar-refractivity contribution in [3.05, 3.63) is 59.2 Å². The van der Waals surface area contributed by atoms with Crippen LogP contribution in [0, 0.1) is 13.8 Å². The van der Waals surface area contributed by atoms with Crippen LogP contribution in [0.15, 0.2) is 47.4 Å². The summed E-state index contributed by atoms with van der Waals surface area (Å²) in [5.74, 6) is 0.960. The van der Waals surface area contributed by atoms with Gasteiger partial charge in [0.25, 0.3) is 5.91 Å². The van der Waals surface area contributed by atoms with Crippen molar-refractivity contribution in [1.29, 1.82) is 0 Å². The molecule has 1 saturated heterocycles. The summed E-state index contributed by atoms with van der Waals surface area (Å²) in [4.78, 5) is 14.8. The van der Waals surface area contributed by atoms with Crippen molar-refractivity contribution in [2.24, 2.45) is 0 Å². The molecule has 1 atom stereocenters. The lowest BCUT2D eigenvalue weighted by Gasteiger charge is -2.35. The maximum Gasteiger partial charge on any atom is 0.263 e. The largest absolute Gasteiger partial charge is 0.481 e. The van der Waals surface area contributed by atoms with Gasteiger partial charge in [0.15, 0.2) is 6.10 Å². The standard InChI is InChI=1S/C24H32N2O4S/c1-17(2)21-7-9-22(10-8-21)30-20(5)24(27)25-12-14-26(15-13-25)31(28,29)23-11-6-18(3)19(4)16-23/h6-11,16-17,20H,12-15H2,1-5H3.